The van der Waals surface area contributed by atoms with Crippen LogP contribution in [0, 0.1) is 5.41 Å². The number of nitrogens with one attached hydrogen (secondary N) is 1. The maximum atomic E-state index is 3.71. The number of hydrogen-bond acceptors (Lipinski definition) is 2. The summed E-state index contributed by atoms with van der Waals surface area (Å²) in [5.74, 6) is 0. The first-order valence-corrected chi connectivity index (χ1v) is 9.03. The zero-order valence-electron chi connectivity index (χ0n) is 12.9. The Morgan fingerprint density at radius 1 is 1.10 bits per heavy atom. The molecule has 0 radical (unpaired) electrons. The van der Waals surface area contributed by atoms with Gasteiger partial charge in [0.1, 0.15) is 0 Å². The summed E-state index contributed by atoms with van der Waals surface area (Å²) >= 11 is 1.87. The lowest BCUT2D eigenvalue weighted by Gasteiger charge is -2.27. The SMILES string of the molecule is CCC1(CNCc2cc(-c3ccccc3)cs2)CCCC1. The molecule has 1 aromatic heterocycles. The van der Waals surface area contributed by atoms with Crippen molar-refractivity contribution in [3.63, 3.8) is 0 Å². The Labute approximate surface area is 132 Å². The Balaban J connectivity index is 1.56. The molecule has 3 rings (SSSR count). The van der Waals surface area contributed by atoms with E-state index in [1.54, 1.807) is 0 Å². The molecule has 1 aliphatic rings. The standard InChI is InChI=1S/C19H25NS/c1-2-19(10-6-7-11-19)15-20-13-18-12-17(14-21-18)16-8-4-3-5-9-16/h3-5,8-9,12,14,20H,2,6-7,10-11,13,15H2,1H3. The van der Waals surface area contributed by atoms with E-state index in [4.69, 9.17) is 0 Å². The average Bonchev–Trinajstić information content (AvgIpc) is 3.18. The molecule has 1 fully saturated rings. The van der Waals surface area contributed by atoms with Crippen LogP contribution in [0.25, 0.3) is 11.1 Å². The van der Waals surface area contributed by atoms with Crippen molar-refractivity contribution in [3.8, 4) is 11.1 Å². The van der Waals surface area contributed by atoms with Gasteiger partial charge < -0.3 is 5.32 Å². The maximum Gasteiger partial charge on any atom is 0.0300 e. The van der Waals surface area contributed by atoms with Crippen LogP contribution in [0.4, 0.5) is 0 Å². The lowest BCUT2D eigenvalue weighted by molar-refractivity contribution is 0.268. The van der Waals surface area contributed by atoms with E-state index in [1.165, 1.54) is 54.7 Å². The Morgan fingerprint density at radius 3 is 2.57 bits per heavy atom. The summed E-state index contributed by atoms with van der Waals surface area (Å²) in [6.45, 7) is 4.55. The largest absolute Gasteiger partial charge is 0.311 e. The Hall–Kier alpha value is -1.12. The minimum absolute atomic E-state index is 0.583. The molecule has 2 aromatic rings. The van der Waals surface area contributed by atoms with Crippen LogP contribution >= 0.6 is 11.3 Å². The summed E-state index contributed by atoms with van der Waals surface area (Å²) < 4.78 is 0. The minimum Gasteiger partial charge on any atom is -0.311 e. The highest BCUT2D eigenvalue weighted by molar-refractivity contribution is 7.10. The van der Waals surface area contributed by atoms with Crippen molar-refractivity contribution in [1.82, 2.24) is 5.32 Å². The first-order chi connectivity index (χ1) is 10.3. The monoisotopic (exact) mass is 299 g/mol. The van der Waals surface area contributed by atoms with Crippen LogP contribution in [0.3, 0.4) is 0 Å². The van der Waals surface area contributed by atoms with E-state index >= 15 is 0 Å². The van der Waals surface area contributed by atoms with E-state index in [9.17, 15) is 0 Å². The van der Waals surface area contributed by atoms with E-state index in [-0.39, 0.29) is 0 Å². The summed E-state index contributed by atoms with van der Waals surface area (Å²) in [5.41, 5.74) is 3.25. The van der Waals surface area contributed by atoms with Crippen LogP contribution in [-0.4, -0.2) is 6.54 Å². The third-order valence-corrected chi connectivity index (χ3v) is 5.91. The Kier molecular flexibility index (Phi) is 4.77. The van der Waals surface area contributed by atoms with Gasteiger partial charge in [0.05, 0.1) is 0 Å². The second-order valence-corrected chi connectivity index (χ2v) is 7.33. The molecule has 0 aliphatic heterocycles. The minimum atomic E-state index is 0.583. The molecule has 2 heteroatoms. The molecule has 1 aromatic carbocycles. The molecule has 0 unspecified atom stereocenters. The molecule has 0 bridgehead atoms. The molecule has 1 saturated carbocycles. The second kappa shape index (κ2) is 6.76. The fraction of sp³-hybridized carbons (Fsp3) is 0.474. The van der Waals surface area contributed by atoms with Crippen LogP contribution in [0.1, 0.15) is 43.9 Å². The molecule has 1 aliphatic carbocycles. The zero-order chi connectivity index (χ0) is 14.5. The number of hydrogen-bond donors (Lipinski definition) is 1. The van der Waals surface area contributed by atoms with Gasteiger partial charge in [-0.25, -0.2) is 0 Å². The molecule has 1 N–H and O–H groups in total. The average molecular weight is 299 g/mol. The molecular weight excluding hydrogens is 274 g/mol. The third kappa shape index (κ3) is 3.56. The van der Waals surface area contributed by atoms with Crippen LogP contribution < -0.4 is 5.32 Å². The summed E-state index contributed by atoms with van der Waals surface area (Å²) in [6.07, 6.45) is 6.99. The van der Waals surface area contributed by atoms with Gasteiger partial charge in [-0.05, 0) is 47.3 Å². The van der Waals surface area contributed by atoms with Crippen LogP contribution in [0.5, 0.6) is 0 Å². The van der Waals surface area contributed by atoms with Crippen molar-refractivity contribution in [2.24, 2.45) is 5.41 Å². The van der Waals surface area contributed by atoms with Crippen molar-refractivity contribution < 1.29 is 0 Å². The molecule has 0 amide bonds. The summed E-state index contributed by atoms with van der Waals surface area (Å²) in [6, 6.07) is 13.0. The quantitative estimate of drug-likeness (QED) is 0.745. The van der Waals surface area contributed by atoms with Gasteiger partial charge >= 0.3 is 0 Å². The Morgan fingerprint density at radius 2 is 1.86 bits per heavy atom. The van der Waals surface area contributed by atoms with Crippen molar-refractivity contribution in [1.29, 1.82) is 0 Å². The van der Waals surface area contributed by atoms with E-state index in [1.807, 2.05) is 11.3 Å². The van der Waals surface area contributed by atoms with Crippen LogP contribution in [-0.2, 0) is 6.54 Å². The van der Waals surface area contributed by atoms with Gasteiger partial charge in [0.2, 0.25) is 0 Å². The van der Waals surface area contributed by atoms with Gasteiger partial charge in [0, 0.05) is 18.0 Å². The molecule has 0 saturated heterocycles. The lowest BCUT2D eigenvalue weighted by Crippen LogP contribution is -2.31. The van der Waals surface area contributed by atoms with Gasteiger partial charge in [-0.1, -0.05) is 50.1 Å². The first-order valence-electron chi connectivity index (χ1n) is 8.15. The molecule has 0 spiro atoms. The summed E-state index contributed by atoms with van der Waals surface area (Å²) in [7, 11) is 0. The van der Waals surface area contributed by atoms with Crippen LogP contribution in [0.15, 0.2) is 41.8 Å². The number of benzene rings is 1. The van der Waals surface area contributed by atoms with E-state index in [2.05, 4.69) is 54.0 Å². The van der Waals surface area contributed by atoms with Crippen molar-refractivity contribution in [3.05, 3.63) is 46.7 Å². The zero-order valence-corrected chi connectivity index (χ0v) is 13.7. The van der Waals surface area contributed by atoms with Gasteiger partial charge in [0.15, 0.2) is 0 Å². The fourth-order valence-electron chi connectivity index (χ4n) is 3.49. The molecule has 1 heterocycles. The highest BCUT2D eigenvalue weighted by Gasteiger charge is 2.31. The fourth-order valence-corrected chi connectivity index (χ4v) is 4.35. The normalized spacial score (nSPS) is 17.2. The number of rotatable bonds is 6. The first kappa shape index (κ1) is 14.8. The van der Waals surface area contributed by atoms with E-state index in [0.29, 0.717) is 5.41 Å². The predicted octanol–water partition coefficient (Wildman–Crippen LogP) is 5.48. The molecule has 1 nitrogen and oxygen atoms in total. The summed E-state index contributed by atoms with van der Waals surface area (Å²) in [4.78, 5) is 1.44. The molecule has 21 heavy (non-hydrogen) atoms. The smallest absolute Gasteiger partial charge is 0.0300 e. The topological polar surface area (TPSA) is 12.0 Å². The Bertz CT molecular complexity index is 552. The van der Waals surface area contributed by atoms with Crippen molar-refractivity contribution >= 4 is 11.3 Å². The van der Waals surface area contributed by atoms with Gasteiger partial charge in [-0.2, -0.15) is 0 Å². The number of thiophene rings is 1. The second-order valence-electron chi connectivity index (χ2n) is 6.33. The molecule has 0 atom stereocenters. The van der Waals surface area contributed by atoms with Crippen molar-refractivity contribution in [2.75, 3.05) is 6.54 Å². The van der Waals surface area contributed by atoms with Gasteiger partial charge in [0.25, 0.3) is 0 Å². The third-order valence-electron chi connectivity index (χ3n) is 4.97. The van der Waals surface area contributed by atoms with Crippen molar-refractivity contribution in [2.45, 2.75) is 45.6 Å². The van der Waals surface area contributed by atoms with E-state index < -0.39 is 0 Å². The molecular formula is C19H25NS. The highest BCUT2D eigenvalue weighted by Crippen LogP contribution is 2.40. The molecule has 112 valence electrons. The lowest BCUT2D eigenvalue weighted by atomic mass is 9.83. The maximum absolute atomic E-state index is 3.71. The highest BCUT2D eigenvalue weighted by atomic mass is 32.1. The van der Waals surface area contributed by atoms with Gasteiger partial charge in [-0.15, -0.1) is 11.3 Å². The summed E-state index contributed by atoms with van der Waals surface area (Å²) in [5, 5.41) is 5.99. The van der Waals surface area contributed by atoms with Gasteiger partial charge in [-0.3, -0.25) is 0 Å². The van der Waals surface area contributed by atoms with Crippen LogP contribution in [0.2, 0.25) is 0 Å². The predicted molar refractivity (Wildman–Crippen MR) is 92.7 cm³/mol. The van der Waals surface area contributed by atoms with E-state index in [0.717, 1.165) is 6.54 Å².